The molecule has 0 saturated carbocycles. The fourth-order valence-corrected chi connectivity index (χ4v) is 1.07. The number of methoxy groups -OCH3 is 1. The van der Waals surface area contributed by atoms with Crippen LogP contribution in [0.15, 0.2) is 6.07 Å². The van der Waals surface area contributed by atoms with Crippen molar-refractivity contribution in [1.29, 1.82) is 0 Å². The highest BCUT2D eigenvalue weighted by atomic mass is 19.2. The fourth-order valence-electron chi connectivity index (χ4n) is 1.07. The summed E-state index contributed by atoms with van der Waals surface area (Å²) in [7, 11) is 1.28. The molecule has 1 aromatic rings. The Morgan fingerprint density at radius 3 is 2.38 bits per heavy atom. The molecule has 1 radical (unpaired) electrons. The van der Waals surface area contributed by atoms with Crippen molar-refractivity contribution in [2.24, 2.45) is 0 Å². The second-order valence-electron chi connectivity index (χ2n) is 3.06. The van der Waals surface area contributed by atoms with Crippen LogP contribution in [0.4, 0.5) is 8.78 Å². The van der Waals surface area contributed by atoms with Crippen LogP contribution in [-0.2, 0) is 0 Å². The molecule has 0 N–H and O–H groups in total. The highest BCUT2D eigenvalue weighted by molar-refractivity contribution is 5.31. The first kappa shape index (κ1) is 9.96. The Morgan fingerprint density at radius 2 is 1.92 bits per heavy atom. The monoisotopic (exact) mass is 185 g/mol. The maximum Gasteiger partial charge on any atom is 0.201 e. The van der Waals surface area contributed by atoms with Gasteiger partial charge in [0.1, 0.15) is 0 Å². The number of hydrogen-bond acceptors (Lipinski definition) is 1. The lowest BCUT2D eigenvalue weighted by Crippen LogP contribution is -1.99. The van der Waals surface area contributed by atoms with E-state index in [1.54, 1.807) is 13.8 Å². The zero-order chi connectivity index (χ0) is 10.0. The van der Waals surface area contributed by atoms with Gasteiger partial charge in [-0.25, -0.2) is 4.39 Å². The summed E-state index contributed by atoms with van der Waals surface area (Å²) in [4.78, 5) is 0. The van der Waals surface area contributed by atoms with E-state index >= 15 is 0 Å². The van der Waals surface area contributed by atoms with Crippen molar-refractivity contribution in [3.8, 4) is 5.75 Å². The molecule has 0 aromatic heterocycles. The average Bonchev–Trinajstić information content (AvgIpc) is 2.09. The molecular weight excluding hydrogens is 174 g/mol. The number of ether oxygens (including phenoxy) is 1. The van der Waals surface area contributed by atoms with Crippen LogP contribution < -0.4 is 4.74 Å². The van der Waals surface area contributed by atoms with Crippen molar-refractivity contribution < 1.29 is 13.5 Å². The van der Waals surface area contributed by atoms with Crippen LogP contribution in [0.3, 0.4) is 0 Å². The molecule has 0 amide bonds. The zero-order valence-corrected chi connectivity index (χ0v) is 7.82. The Hall–Kier alpha value is -1.12. The van der Waals surface area contributed by atoms with Crippen molar-refractivity contribution in [2.45, 2.75) is 19.8 Å². The minimum atomic E-state index is -0.964. The molecule has 0 aliphatic heterocycles. The quantitative estimate of drug-likeness (QED) is 0.688. The minimum Gasteiger partial charge on any atom is -0.493 e. The number of rotatable bonds is 2. The fraction of sp³-hybridized carbons (Fsp3) is 0.400. The van der Waals surface area contributed by atoms with Gasteiger partial charge in [0, 0.05) is 6.07 Å². The van der Waals surface area contributed by atoms with Gasteiger partial charge in [-0.05, 0) is 17.5 Å². The predicted octanol–water partition coefficient (Wildman–Crippen LogP) is 2.90. The second kappa shape index (κ2) is 3.73. The molecule has 1 nitrogen and oxygen atoms in total. The summed E-state index contributed by atoms with van der Waals surface area (Å²) >= 11 is 0. The van der Waals surface area contributed by atoms with Crippen LogP contribution in [0.2, 0.25) is 0 Å². The van der Waals surface area contributed by atoms with Crippen molar-refractivity contribution in [1.82, 2.24) is 0 Å². The summed E-state index contributed by atoms with van der Waals surface area (Å²) in [5.41, 5.74) is 0.318. The lowest BCUT2D eigenvalue weighted by Gasteiger charge is -2.09. The molecule has 0 spiro atoms. The normalized spacial score (nSPS) is 10.6. The molecule has 1 aromatic carbocycles. The molecule has 0 aliphatic carbocycles. The predicted molar refractivity (Wildman–Crippen MR) is 45.8 cm³/mol. The SMILES string of the molecule is COc1[c]cc(C(C)C)c(F)c1F. The van der Waals surface area contributed by atoms with Crippen LogP contribution >= 0.6 is 0 Å². The molecule has 0 aliphatic rings. The lowest BCUT2D eigenvalue weighted by atomic mass is 10.0. The Balaban J connectivity index is 3.23. The summed E-state index contributed by atoms with van der Waals surface area (Å²) in [5, 5.41) is 0. The number of hydrogen-bond donors (Lipinski definition) is 0. The molecule has 0 saturated heterocycles. The van der Waals surface area contributed by atoms with Crippen LogP contribution in [-0.4, -0.2) is 7.11 Å². The highest BCUT2D eigenvalue weighted by Gasteiger charge is 2.15. The Kier molecular flexibility index (Phi) is 2.86. The molecule has 0 fully saturated rings. The highest BCUT2D eigenvalue weighted by Crippen LogP contribution is 2.26. The molecule has 1 rings (SSSR count). The van der Waals surface area contributed by atoms with Crippen LogP contribution in [0.5, 0.6) is 5.75 Å². The lowest BCUT2D eigenvalue weighted by molar-refractivity contribution is 0.368. The van der Waals surface area contributed by atoms with Gasteiger partial charge in [-0.2, -0.15) is 4.39 Å². The molecule has 0 bridgehead atoms. The Bertz CT molecular complexity index is 308. The van der Waals surface area contributed by atoms with Crippen LogP contribution in [0, 0.1) is 17.7 Å². The second-order valence-corrected chi connectivity index (χ2v) is 3.06. The summed E-state index contributed by atoms with van der Waals surface area (Å²) in [6.45, 7) is 3.58. The van der Waals surface area contributed by atoms with Crippen LogP contribution in [0.25, 0.3) is 0 Å². The van der Waals surface area contributed by atoms with E-state index in [1.165, 1.54) is 13.2 Å². The van der Waals surface area contributed by atoms with Gasteiger partial charge in [-0.3, -0.25) is 0 Å². The van der Waals surface area contributed by atoms with Crippen molar-refractivity contribution in [3.63, 3.8) is 0 Å². The topological polar surface area (TPSA) is 9.23 Å². The zero-order valence-electron chi connectivity index (χ0n) is 7.82. The standard InChI is InChI=1S/C10H11F2O/c1-6(2)7-4-5-8(13-3)10(12)9(7)11/h4,6H,1-3H3. The van der Waals surface area contributed by atoms with Gasteiger partial charge in [0.15, 0.2) is 11.6 Å². The first-order valence-corrected chi connectivity index (χ1v) is 4.01. The van der Waals surface area contributed by atoms with E-state index in [2.05, 4.69) is 10.8 Å². The molecule has 0 unspecified atom stereocenters. The van der Waals surface area contributed by atoms with E-state index in [0.717, 1.165) is 0 Å². The van der Waals surface area contributed by atoms with Gasteiger partial charge in [0.25, 0.3) is 0 Å². The van der Waals surface area contributed by atoms with Gasteiger partial charge >= 0.3 is 0 Å². The summed E-state index contributed by atoms with van der Waals surface area (Å²) < 4.78 is 30.9. The molecule has 13 heavy (non-hydrogen) atoms. The van der Waals surface area contributed by atoms with Crippen molar-refractivity contribution >= 4 is 0 Å². The van der Waals surface area contributed by atoms with Gasteiger partial charge < -0.3 is 4.74 Å². The van der Waals surface area contributed by atoms with Crippen LogP contribution in [0.1, 0.15) is 25.3 Å². The average molecular weight is 185 g/mol. The number of benzene rings is 1. The third-order valence-electron chi connectivity index (χ3n) is 1.83. The van der Waals surface area contributed by atoms with Gasteiger partial charge in [-0.15, -0.1) is 0 Å². The van der Waals surface area contributed by atoms with Gasteiger partial charge in [0.2, 0.25) is 5.82 Å². The summed E-state index contributed by atoms with van der Waals surface area (Å²) in [6, 6.07) is 3.96. The number of halogens is 2. The maximum atomic E-state index is 13.2. The first-order valence-electron chi connectivity index (χ1n) is 4.01. The molecular formula is C10H11F2O. The first-order chi connectivity index (χ1) is 6.07. The molecule has 0 heterocycles. The van der Waals surface area contributed by atoms with E-state index in [1.807, 2.05) is 0 Å². The van der Waals surface area contributed by atoms with Gasteiger partial charge in [-0.1, -0.05) is 13.8 Å². The van der Waals surface area contributed by atoms with E-state index < -0.39 is 11.6 Å². The Labute approximate surface area is 76.3 Å². The molecule has 0 atom stereocenters. The smallest absolute Gasteiger partial charge is 0.201 e. The summed E-state index contributed by atoms with van der Waals surface area (Å²) in [5.74, 6) is -2.04. The van der Waals surface area contributed by atoms with E-state index in [0.29, 0.717) is 5.56 Å². The Morgan fingerprint density at radius 1 is 1.31 bits per heavy atom. The minimum absolute atomic E-state index is 0.0587. The third kappa shape index (κ3) is 1.79. The molecule has 71 valence electrons. The molecule has 3 heteroatoms. The van der Waals surface area contributed by atoms with Gasteiger partial charge in [0.05, 0.1) is 7.11 Å². The van der Waals surface area contributed by atoms with E-state index in [4.69, 9.17) is 0 Å². The van der Waals surface area contributed by atoms with Crippen molar-refractivity contribution in [2.75, 3.05) is 7.11 Å². The van der Waals surface area contributed by atoms with E-state index in [-0.39, 0.29) is 11.7 Å². The maximum absolute atomic E-state index is 13.2. The van der Waals surface area contributed by atoms with E-state index in [9.17, 15) is 8.78 Å². The van der Waals surface area contributed by atoms with Crippen molar-refractivity contribution in [3.05, 3.63) is 29.3 Å². The summed E-state index contributed by atoms with van der Waals surface area (Å²) in [6.07, 6.45) is 0. The largest absolute Gasteiger partial charge is 0.493 e. The third-order valence-corrected chi connectivity index (χ3v) is 1.83.